The predicted molar refractivity (Wildman–Crippen MR) is 74.0 cm³/mol. The molecule has 0 amide bonds. The average Bonchev–Trinajstić information content (AvgIpc) is 2.97. The van der Waals surface area contributed by atoms with E-state index in [-0.39, 0.29) is 11.5 Å². The normalized spacial score (nSPS) is 13.7. The Labute approximate surface area is 116 Å². The molecule has 2 aromatic heterocycles. The van der Waals surface area contributed by atoms with Gasteiger partial charge in [-0.1, -0.05) is 32.2 Å². The van der Waals surface area contributed by atoms with Crippen molar-refractivity contribution in [1.29, 1.82) is 0 Å². The summed E-state index contributed by atoms with van der Waals surface area (Å²) in [6.45, 7) is 11.2. The van der Waals surface area contributed by atoms with Crippen LogP contribution in [0.2, 0.25) is 0 Å². The van der Waals surface area contributed by atoms with Crippen LogP contribution in [0.4, 0.5) is 0 Å². The van der Waals surface area contributed by atoms with Gasteiger partial charge >= 0.3 is 0 Å². The smallest absolute Gasteiger partial charge is 0.261 e. The fourth-order valence-electron chi connectivity index (χ4n) is 1.72. The molecule has 0 aromatic carbocycles. The van der Waals surface area contributed by atoms with Crippen molar-refractivity contribution in [2.75, 3.05) is 6.54 Å². The Hall–Kier alpha value is -1.34. The van der Waals surface area contributed by atoms with Gasteiger partial charge in [0.15, 0.2) is 0 Å². The van der Waals surface area contributed by atoms with Crippen LogP contribution in [0.3, 0.4) is 0 Å². The zero-order valence-electron chi connectivity index (χ0n) is 11.9. The van der Waals surface area contributed by atoms with Crippen LogP contribution in [0.25, 0.3) is 10.8 Å². The first kappa shape index (κ1) is 14.1. The fourth-order valence-corrected chi connectivity index (χ4v) is 2.51. The van der Waals surface area contributed by atoms with Gasteiger partial charge in [0.05, 0.1) is 11.7 Å². The molecule has 0 aliphatic carbocycles. The Kier molecular flexibility index (Phi) is 3.96. The molecule has 2 heterocycles. The standard InChI is InChI=1S/C12H19N5OS/c1-6-13-7(2)10-15-16-11(18-10)8-9(12(3,4)5)14-17-19-8/h7,13H,6H2,1-5H3. The van der Waals surface area contributed by atoms with E-state index in [4.69, 9.17) is 4.42 Å². The molecule has 6 nitrogen and oxygen atoms in total. The first-order valence-corrected chi connectivity index (χ1v) is 7.10. The average molecular weight is 281 g/mol. The van der Waals surface area contributed by atoms with Crippen molar-refractivity contribution in [2.45, 2.75) is 46.1 Å². The molecule has 1 N–H and O–H groups in total. The van der Waals surface area contributed by atoms with E-state index in [0.717, 1.165) is 17.1 Å². The molecule has 0 bridgehead atoms. The van der Waals surface area contributed by atoms with Gasteiger partial charge in [0.25, 0.3) is 5.89 Å². The molecule has 1 atom stereocenters. The number of nitrogens with one attached hydrogen (secondary N) is 1. The van der Waals surface area contributed by atoms with E-state index < -0.39 is 0 Å². The van der Waals surface area contributed by atoms with Crippen molar-refractivity contribution >= 4 is 11.5 Å². The van der Waals surface area contributed by atoms with E-state index in [9.17, 15) is 0 Å². The lowest BCUT2D eigenvalue weighted by Crippen LogP contribution is -2.17. The molecule has 0 fully saturated rings. The zero-order chi connectivity index (χ0) is 14.0. The Morgan fingerprint density at radius 2 is 2.00 bits per heavy atom. The van der Waals surface area contributed by atoms with Crippen molar-refractivity contribution in [3.05, 3.63) is 11.6 Å². The van der Waals surface area contributed by atoms with Crippen LogP contribution < -0.4 is 5.32 Å². The highest BCUT2D eigenvalue weighted by Crippen LogP contribution is 2.33. The highest BCUT2D eigenvalue weighted by Gasteiger charge is 2.26. The SMILES string of the molecule is CCNC(C)c1nnc(-c2snnc2C(C)(C)C)o1. The first-order valence-electron chi connectivity index (χ1n) is 6.33. The lowest BCUT2D eigenvalue weighted by molar-refractivity contribution is 0.428. The molecule has 2 aromatic rings. The minimum Gasteiger partial charge on any atom is -0.418 e. The van der Waals surface area contributed by atoms with Crippen LogP contribution in [-0.2, 0) is 5.41 Å². The van der Waals surface area contributed by atoms with E-state index in [1.807, 2.05) is 13.8 Å². The Balaban J connectivity index is 2.31. The van der Waals surface area contributed by atoms with Crippen LogP contribution >= 0.6 is 11.5 Å². The molecule has 0 saturated carbocycles. The predicted octanol–water partition coefficient (Wildman–Crippen LogP) is 2.56. The largest absolute Gasteiger partial charge is 0.418 e. The summed E-state index contributed by atoms with van der Waals surface area (Å²) in [5, 5.41) is 15.6. The maximum absolute atomic E-state index is 5.72. The highest BCUT2D eigenvalue weighted by molar-refractivity contribution is 7.09. The third kappa shape index (κ3) is 2.98. The van der Waals surface area contributed by atoms with Crippen molar-refractivity contribution in [3.8, 4) is 10.8 Å². The number of hydrogen-bond acceptors (Lipinski definition) is 7. The summed E-state index contributed by atoms with van der Waals surface area (Å²) >= 11 is 1.29. The molecule has 0 spiro atoms. The second kappa shape index (κ2) is 5.34. The van der Waals surface area contributed by atoms with Gasteiger partial charge in [-0.25, -0.2) is 0 Å². The van der Waals surface area contributed by atoms with E-state index >= 15 is 0 Å². The summed E-state index contributed by atoms with van der Waals surface area (Å²) in [7, 11) is 0. The van der Waals surface area contributed by atoms with Crippen LogP contribution in [0.5, 0.6) is 0 Å². The quantitative estimate of drug-likeness (QED) is 0.928. The topological polar surface area (TPSA) is 76.7 Å². The molecule has 0 radical (unpaired) electrons. The van der Waals surface area contributed by atoms with Crippen LogP contribution in [0.15, 0.2) is 4.42 Å². The second-order valence-corrected chi connectivity index (χ2v) is 6.18. The van der Waals surface area contributed by atoms with Crippen molar-refractivity contribution in [2.24, 2.45) is 0 Å². The lowest BCUT2D eigenvalue weighted by Gasteiger charge is -2.15. The molecule has 7 heteroatoms. The molecule has 0 aliphatic rings. The van der Waals surface area contributed by atoms with E-state index in [0.29, 0.717) is 11.8 Å². The Bertz CT molecular complexity index is 542. The summed E-state index contributed by atoms with van der Waals surface area (Å²) in [5.74, 6) is 1.09. The van der Waals surface area contributed by atoms with Crippen LogP contribution in [0.1, 0.15) is 52.2 Å². The van der Waals surface area contributed by atoms with Gasteiger partial charge < -0.3 is 9.73 Å². The maximum Gasteiger partial charge on any atom is 0.261 e. The molecule has 19 heavy (non-hydrogen) atoms. The van der Waals surface area contributed by atoms with Gasteiger partial charge in [0, 0.05) is 5.41 Å². The third-order valence-corrected chi connectivity index (χ3v) is 3.43. The summed E-state index contributed by atoms with van der Waals surface area (Å²) in [6.07, 6.45) is 0. The summed E-state index contributed by atoms with van der Waals surface area (Å²) in [5.41, 5.74) is 0.799. The van der Waals surface area contributed by atoms with Gasteiger partial charge in [-0.05, 0) is 25.0 Å². The minimum atomic E-state index is -0.0930. The van der Waals surface area contributed by atoms with Gasteiger partial charge in [0.1, 0.15) is 4.88 Å². The van der Waals surface area contributed by atoms with E-state index in [1.54, 1.807) is 0 Å². The lowest BCUT2D eigenvalue weighted by atomic mass is 9.91. The zero-order valence-corrected chi connectivity index (χ0v) is 12.7. The van der Waals surface area contributed by atoms with Crippen LogP contribution in [-0.4, -0.2) is 26.3 Å². The van der Waals surface area contributed by atoms with Gasteiger partial charge in [-0.3, -0.25) is 0 Å². The van der Waals surface area contributed by atoms with E-state index in [2.05, 4.69) is 45.9 Å². The molecule has 0 aliphatic heterocycles. The Morgan fingerprint density at radius 1 is 1.26 bits per heavy atom. The van der Waals surface area contributed by atoms with Gasteiger partial charge in [0.2, 0.25) is 5.89 Å². The van der Waals surface area contributed by atoms with Crippen molar-refractivity contribution in [3.63, 3.8) is 0 Å². The van der Waals surface area contributed by atoms with Gasteiger partial charge in [-0.2, -0.15) is 0 Å². The minimum absolute atomic E-state index is 0.0465. The van der Waals surface area contributed by atoms with Gasteiger partial charge in [-0.15, -0.1) is 15.3 Å². The second-order valence-electron chi connectivity index (χ2n) is 5.43. The number of nitrogens with zero attached hydrogens (tertiary/aromatic N) is 4. The fraction of sp³-hybridized carbons (Fsp3) is 0.667. The number of hydrogen-bond donors (Lipinski definition) is 1. The van der Waals surface area contributed by atoms with E-state index in [1.165, 1.54) is 11.5 Å². The first-order chi connectivity index (χ1) is 8.93. The molecular formula is C12H19N5OS. The molecule has 104 valence electrons. The van der Waals surface area contributed by atoms with Crippen molar-refractivity contribution in [1.82, 2.24) is 25.1 Å². The molecule has 0 saturated heterocycles. The monoisotopic (exact) mass is 281 g/mol. The summed E-state index contributed by atoms with van der Waals surface area (Å²) < 4.78 is 9.73. The molecule has 1 unspecified atom stereocenters. The molecule has 2 rings (SSSR count). The summed E-state index contributed by atoms with van der Waals surface area (Å²) in [6, 6.07) is 0.0465. The van der Waals surface area contributed by atoms with Crippen molar-refractivity contribution < 1.29 is 4.42 Å². The number of aromatic nitrogens is 4. The molecular weight excluding hydrogens is 262 g/mol. The Morgan fingerprint density at radius 3 is 2.63 bits per heavy atom. The summed E-state index contributed by atoms with van der Waals surface area (Å²) in [4.78, 5) is 0.856. The number of rotatable bonds is 4. The van der Waals surface area contributed by atoms with Crippen LogP contribution in [0, 0.1) is 0 Å². The third-order valence-electron chi connectivity index (χ3n) is 2.71. The highest BCUT2D eigenvalue weighted by atomic mass is 32.1. The maximum atomic E-state index is 5.72.